The third-order valence-electron chi connectivity index (χ3n) is 2.81. The summed E-state index contributed by atoms with van der Waals surface area (Å²) in [5.74, 6) is 1.20. The molecule has 1 aromatic rings. The summed E-state index contributed by atoms with van der Waals surface area (Å²) in [6.07, 6.45) is 1.08. The molecule has 2 atom stereocenters. The van der Waals surface area contributed by atoms with Gasteiger partial charge in [0.15, 0.2) is 0 Å². The molecule has 1 nitrogen and oxygen atoms in total. The minimum absolute atomic E-state index is 0.575. The third kappa shape index (κ3) is 3.32. The standard InChI is InChI=1S/C12H18ClN/c1-9(10(2)8-14)7-11-3-5-12(13)6-4-11/h3-6,9-10H,7-8,14H2,1-2H3. The Kier molecular flexibility index (Phi) is 4.43. The second-order valence-corrected chi connectivity index (χ2v) is 4.46. The number of nitrogens with two attached hydrogens (primary N) is 1. The maximum atomic E-state index is 5.82. The van der Waals surface area contributed by atoms with Crippen LogP contribution in [0.5, 0.6) is 0 Å². The summed E-state index contributed by atoms with van der Waals surface area (Å²) < 4.78 is 0. The van der Waals surface area contributed by atoms with Crippen LogP contribution in [-0.2, 0) is 6.42 Å². The van der Waals surface area contributed by atoms with Crippen LogP contribution in [0.15, 0.2) is 24.3 Å². The van der Waals surface area contributed by atoms with E-state index in [9.17, 15) is 0 Å². The normalized spacial score (nSPS) is 15.1. The summed E-state index contributed by atoms with van der Waals surface area (Å²) in [6.45, 7) is 5.20. The van der Waals surface area contributed by atoms with Crippen LogP contribution in [0.4, 0.5) is 0 Å². The van der Waals surface area contributed by atoms with Crippen LogP contribution in [0.25, 0.3) is 0 Å². The van der Waals surface area contributed by atoms with E-state index in [1.807, 2.05) is 12.1 Å². The highest BCUT2D eigenvalue weighted by Gasteiger charge is 2.10. The predicted octanol–water partition coefficient (Wildman–Crippen LogP) is 3.11. The number of hydrogen-bond acceptors (Lipinski definition) is 1. The van der Waals surface area contributed by atoms with Gasteiger partial charge < -0.3 is 5.73 Å². The van der Waals surface area contributed by atoms with Gasteiger partial charge in [0.05, 0.1) is 0 Å². The fraction of sp³-hybridized carbons (Fsp3) is 0.500. The lowest BCUT2D eigenvalue weighted by atomic mass is 9.90. The van der Waals surface area contributed by atoms with Gasteiger partial charge in [-0.05, 0) is 42.5 Å². The zero-order chi connectivity index (χ0) is 10.6. The molecule has 0 amide bonds. The molecule has 1 rings (SSSR count). The maximum Gasteiger partial charge on any atom is 0.0406 e. The summed E-state index contributed by atoms with van der Waals surface area (Å²) in [6, 6.07) is 8.05. The fourth-order valence-electron chi connectivity index (χ4n) is 1.43. The van der Waals surface area contributed by atoms with Crippen molar-refractivity contribution in [2.45, 2.75) is 20.3 Å². The molecule has 1 aromatic carbocycles. The first-order chi connectivity index (χ1) is 6.63. The van der Waals surface area contributed by atoms with Crippen LogP contribution in [-0.4, -0.2) is 6.54 Å². The van der Waals surface area contributed by atoms with Crippen molar-refractivity contribution in [2.75, 3.05) is 6.54 Å². The Morgan fingerprint density at radius 3 is 2.21 bits per heavy atom. The van der Waals surface area contributed by atoms with E-state index in [4.69, 9.17) is 17.3 Å². The van der Waals surface area contributed by atoms with Gasteiger partial charge in [-0.25, -0.2) is 0 Å². The smallest absolute Gasteiger partial charge is 0.0406 e. The monoisotopic (exact) mass is 211 g/mol. The maximum absolute atomic E-state index is 5.82. The van der Waals surface area contributed by atoms with E-state index in [1.54, 1.807) is 0 Å². The van der Waals surface area contributed by atoms with Crippen LogP contribution in [0, 0.1) is 11.8 Å². The minimum Gasteiger partial charge on any atom is -0.330 e. The van der Waals surface area contributed by atoms with E-state index < -0.39 is 0 Å². The van der Waals surface area contributed by atoms with E-state index in [0.717, 1.165) is 18.0 Å². The van der Waals surface area contributed by atoms with E-state index in [0.29, 0.717) is 11.8 Å². The van der Waals surface area contributed by atoms with Gasteiger partial charge in [0.2, 0.25) is 0 Å². The van der Waals surface area contributed by atoms with Gasteiger partial charge in [0, 0.05) is 5.02 Å². The lowest BCUT2D eigenvalue weighted by Gasteiger charge is -2.17. The molecule has 2 unspecified atom stereocenters. The molecule has 0 fully saturated rings. The molecule has 2 heteroatoms. The summed E-state index contributed by atoms with van der Waals surface area (Å²) in [7, 11) is 0. The topological polar surface area (TPSA) is 26.0 Å². The molecular formula is C12H18ClN. The lowest BCUT2D eigenvalue weighted by Crippen LogP contribution is -2.19. The molecule has 0 radical (unpaired) electrons. The Morgan fingerprint density at radius 2 is 1.71 bits per heavy atom. The zero-order valence-corrected chi connectivity index (χ0v) is 9.59. The first-order valence-electron chi connectivity index (χ1n) is 5.08. The van der Waals surface area contributed by atoms with Crippen molar-refractivity contribution in [3.63, 3.8) is 0 Å². The number of hydrogen-bond donors (Lipinski definition) is 1. The average Bonchev–Trinajstić information content (AvgIpc) is 2.20. The summed E-state index contributed by atoms with van der Waals surface area (Å²) in [5, 5.41) is 0.799. The van der Waals surface area contributed by atoms with Crippen molar-refractivity contribution in [3.05, 3.63) is 34.9 Å². The Balaban J connectivity index is 2.56. The molecule has 0 spiro atoms. The van der Waals surface area contributed by atoms with Gasteiger partial charge in [0.1, 0.15) is 0 Å². The molecule has 2 N–H and O–H groups in total. The Labute approximate surface area is 91.3 Å². The van der Waals surface area contributed by atoms with Crippen molar-refractivity contribution >= 4 is 11.6 Å². The molecule has 14 heavy (non-hydrogen) atoms. The van der Waals surface area contributed by atoms with Gasteiger partial charge in [-0.2, -0.15) is 0 Å². The molecule has 0 aliphatic heterocycles. The van der Waals surface area contributed by atoms with Crippen LogP contribution in [0.2, 0.25) is 5.02 Å². The Morgan fingerprint density at radius 1 is 1.14 bits per heavy atom. The molecule has 0 aliphatic rings. The van der Waals surface area contributed by atoms with Crippen LogP contribution in [0.3, 0.4) is 0 Å². The van der Waals surface area contributed by atoms with Gasteiger partial charge >= 0.3 is 0 Å². The third-order valence-corrected chi connectivity index (χ3v) is 3.07. The van der Waals surface area contributed by atoms with Gasteiger partial charge in [0.25, 0.3) is 0 Å². The first-order valence-corrected chi connectivity index (χ1v) is 5.45. The highest BCUT2D eigenvalue weighted by Crippen LogP contribution is 2.17. The van der Waals surface area contributed by atoms with E-state index >= 15 is 0 Å². The van der Waals surface area contributed by atoms with E-state index in [1.165, 1.54) is 5.56 Å². The van der Waals surface area contributed by atoms with Gasteiger partial charge in [-0.3, -0.25) is 0 Å². The highest BCUT2D eigenvalue weighted by atomic mass is 35.5. The predicted molar refractivity (Wildman–Crippen MR) is 62.5 cm³/mol. The second kappa shape index (κ2) is 5.38. The van der Waals surface area contributed by atoms with Crippen LogP contribution < -0.4 is 5.73 Å². The van der Waals surface area contributed by atoms with Crippen molar-refractivity contribution in [2.24, 2.45) is 17.6 Å². The summed E-state index contributed by atoms with van der Waals surface area (Å²) in [5.41, 5.74) is 6.96. The number of halogens is 1. The fourth-order valence-corrected chi connectivity index (χ4v) is 1.55. The van der Waals surface area contributed by atoms with Crippen LogP contribution >= 0.6 is 11.6 Å². The number of rotatable bonds is 4. The summed E-state index contributed by atoms with van der Waals surface area (Å²) >= 11 is 5.82. The zero-order valence-electron chi connectivity index (χ0n) is 8.83. The SMILES string of the molecule is CC(CN)C(C)Cc1ccc(Cl)cc1. The van der Waals surface area contributed by atoms with Crippen molar-refractivity contribution in [3.8, 4) is 0 Å². The lowest BCUT2D eigenvalue weighted by molar-refractivity contribution is 0.394. The molecule has 0 bridgehead atoms. The van der Waals surface area contributed by atoms with E-state index in [-0.39, 0.29) is 0 Å². The Bertz CT molecular complexity index is 268. The van der Waals surface area contributed by atoms with E-state index in [2.05, 4.69) is 26.0 Å². The molecular weight excluding hydrogens is 194 g/mol. The molecule has 0 saturated heterocycles. The molecule has 0 aliphatic carbocycles. The molecule has 0 aromatic heterocycles. The van der Waals surface area contributed by atoms with Crippen molar-refractivity contribution in [1.29, 1.82) is 0 Å². The molecule has 0 saturated carbocycles. The summed E-state index contributed by atoms with van der Waals surface area (Å²) in [4.78, 5) is 0. The quantitative estimate of drug-likeness (QED) is 0.814. The van der Waals surface area contributed by atoms with Crippen molar-refractivity contribution in [1.82, 2.24) is 0 Å². The number of benzene rings is 1. The average molecular weight is 212 g/mol. The van der Waals surface area contributed by atoms with Crippen molar-refractivity contribution < 1.29 is 0 Å². The second-order valence-electron chi connectivity index (χ2n) is 4.02. The largest absolute Gasteiger partial charge is 0.330 e. The first kappa shape index (κ1) is 11.5. The molecule has 0 heterocycles. The molecule has 78 valence electrons. The van der Waals surface area contributed by atoms with Gasteiger partial charge in [-0.1, -0.05) is 37.6 Å². The Hall–Kier alpha value is -0.530. The highest BCUT2D eigenvalue weighted by molar-refractivity contribution is 6.30. The van der Waals surface area contributed by atoms with Gasteiger partial charge in [-0.15, -0.1) is 0 Å². The minimum atomic E-state index is 0.575. The van der Waals surface area contributed by atoms with Crippen LogP contribution in [0.1, 0.15) is 19.4 Å².